The van der Waals surface area contributed by atoms with Gasteiger partial charge in [-0.15, -0.1) is 22.7 Å². The number of hydrogen-bond donors (Lipinski definition) is 0. The summed E-state index contributed by atoms with van der Waals surface area (Å²) in [7, 11) is 0. The molecule has 9 heteroatoms. The largest absolute Gasteiger partial charge is 0.417 e. The van der Waals surface area contributed by atoms with E-state index in [0.29, 0.717) is 32.0 Å². The lowest BCUT2D eigenvalue weighted by molar-refractivity contribution is -0.137. The van der Waals surface area contributed by atoms with Crippen molar-refractivity contribution >= 4 is 53.9 Å². The Balaban J connectivity index is 1.28. The first kappa shape index (κ1) is 19.3. The number of rotatable bonds is 2. The number of aromatic nitrogens is 1. The van der Waals surface area contributed by atoms with E-state index < -0.39 is 11.7 Å². The molecular weight excluding hydrogens is 431 g/mol. The lowest BCUT2D eigenvalue weighted by Gasteiger charge is -2.35. The molecular formula is C21H16F3N3OS2. The Labute approximate surface area is 178 Å². The molecule has 1 aliphatic heterocycles. The Kier molecular flexibility index (Phi) is 4.67. The van der Waals surface area contributed by atoms with Crippen LogP contribution in [0, 0.1) is 0 Å². The van der Waals surface area contributed by atoms with Crippen LogP contribution in [0.2, 0.25) is 0 Å². The zero-order valence-electron chi connectivity index (χ0n) is 15.6. The monoisotopic (exact) mass is 447 g/mol. The van der Waals surface area contributed by atoms with E-state index in [0.717, 1.165) is 26.5 Å². The summed E-state index contributed by atoms with van der Waals surface area (Å²) >= 11 is 3.21. The van der Waals surface area contributed by atoms with Gasteiger partial charge in [-0.25, -0.2) is 4.98 Å². The molecule has 1 saturated heterocycles. The van der Waals surface area contributed by atoms with Gasteiger partial charge >= 0.3 is 6.18 Å². The standard InChI is InChI=1S/C21H16F3N3OS2/c22-21(23,24)13-5-6-18(25-12-13)26-7-9-27(10-8-26)20(28)17-11-16-19(30-17)14-3-1-2-4-15(14)29-16/h1-6,11-12H,7-10H2. The van der Waals surface area contributed by atoms with Crippen LogP contribution in [-0.4, -0.2) is 42.0 Å². The molecule has 0 aliphatic carbocycles. The van der Waals surface area contributed by atoms with Gasteiger partial charge in [0.1, 0.15) is 5.82 Å². The Hall–Kier alpha value is -2.65. The van der Waals surface area contributed by atoms with Crippen molar-refractivity contribution in [3.8, 4) is 0 Å². The molecule has 3 aromatic heterocycles. The first-order valence-electron chi connectivity index (χ1n) is 9.39. The number of hydrogen-bond acceptors (Lipinski definition) is 5. The number of amides is 1. The maximum Gasteiger partial charge on any atom is 0.417 e. The summed E-state index contributed by atoms with van der Waals surface area (Å²) in [6.45, 7) is 2.08. The molecule has 30 heavy (non-hydrogen) atoms. The molecule has 1 fully saturated rings. The summed E-state index contributed by atoms with van der Waals surface area (Å²) in [4.78, 5) is 21.4. The van der Waals surface area contributed by atoms with Crippen molar-refractivity contribution < 1.29 is 18.0 Å². The van der Waals surface area contributed by atoms with Gasteiger partial charge in [0.05, 0.1) is 15.1 Å². The van der Waals surface area contributed by atoms with Crippen LogP contribution in [0.4, 0.5) is 19.0 Å². The SMILES string of the molecule is O=C(c1cc2sc3ccccc3c2s1)N1CCN(c2ccc(C(F)(F)F)cn2)CC1. The fraction of sp³-hybridized carbons (Fsp3) is 0.238. The van der Waals surface area contributed by atoms with E-state index in [1.54, 1.807) is 16.2 Å². The average Bonchev–Trinajstić information content (AvgIpc) is 3.31. The van der Waals surface area contributed by atoms with Gasteiger partial charge in [0.25, 0.3) is 5.91 Å². The highest BCUT2D eigenvalue weighted by molar-refractivity contribution is 7.33. The average molecular weight is 448 g/mol. The number of benzene rings is 1. The quantitative estimate of drug-likeness (QED) is 0.408. The van der Waals surface area contributed by atoms with Gasteiger partial charge in [-0.05, 0) is 24.3 Å². The van der Waals surface area contributed by atoms with Crippen molar-refractivity contribution in [2.24, 2.45) is 0 Å². The van der Waals surface area contributed by atoms with Crippen molar-refractivity contribution in [1.82, 2.24) is 9.88 Å². The summed E-state index contributed by atoms with van der Waals surface area (Å²) < 4.78 is 41.6. The smallest absolute Gasteiger partial charge is 0.353 e. The van der Waals surface area contributed by atoms with Crippen molar-refractivity contribution in [3.05, 3.63) is 59.1 Å². The molecule has 4 aromatic rings. The predicted octanol–water partition coefficient (Wildman–Crippen LogP) is 5.49. The number of alkyl halides is 3. The second-order valence-corrected chi connectivity index (χ2v) is 9.22. The molecule has 4 heterocycles. The third-order valence-electron chi connectivity index (χ3n) is 5.23. The van der Waals surface area contributed by atoms with Crippen molar-refractivity contribution in [3.63, 3.8) is 0 Å². The van der Waals surface area contributed by atoms with Crippen LogP contribution in [0.5, 0.6) is 0 Å². The zero-order chi connectivity index (χ0) is 20.9. The van der Waals surface area contributed by atoms with E-state index in [4.69, 9.17) is 0 Å². The van der Waals surface area contributed by atoms with E-state index >= 15 is 0 Å². The molecule has 0 saturated carbocycles. The Morgan fingerprint density at radius 3 is 2.43 bits per heavy atom. The van der Waals surface area contributed by atoms with Crippen LogP contribution < -0.4 is 4.90 Å². The summed E-state index contributed by atoms with van der Waals surface area (Å²) in [6.07, 6.45) is -3.54. The van der Waals surface area contributed by atoms with Crippen molar-refractivity contribution in [2.45, 2.75) is 6.18 Å². The molecule has 0 bridgehead atoms. The normalized spacial score (nSPS) is 15.3. The minimum atomic E-state index is -4.39. The summed E-state index contributed by atoms with van der Waals surface area (Å²) in [5.41, 5.74) is -0.759. The van der Waals surface area contributed by atoms with Crippen LogP contribution in [0.15, 0.2) is 48.7 Å². The molecule has 1 aliphatic rings. The minimum Gasteiger partial charge on any atom is -0.353 e. The molecule has 154 valence electrons. The van der Waals surface area contributed by atoms with Crippen LogP contribution in [-0.2, 0) is 6.18 Å². The number of carbonyl (C=O) groups is 1. The highest BCUT2D eigenvalue weighted by atomic mass is 32.1. The third-order valence-corrected chi connectivity index (χ3v) is 7.63. The fourth-order valence-electron chi connectivity index (χ4n) is 3.64. The van der Waals surface area contributed by atoms with Crippen LogP contribution >= 0.6 is 22.7 Å². The maximum atomic E-state index is 13.0. The first-order valence-corrected chi connectivity index (χ1v) is 11.0. The number of anilines is 1. The van der Waals surface area contributed by atoms with E-state index in [9.17, 15) is 18.0 Å². The number of piperazine rings is 1. The third kappa shape index (κ3) is 3.41. The lowest BCUT2D eigenvalue weighted by atomic mass is 10.2. The number of nitrogens with zero attached hydrogens (tertiary/aromatic N) is 3. The molecule has 1 amide bonds. The highest BCUT2D eigenvalue weighted by Gasteiger charge is 2.31. The zero-order valence-corrected chi connectivity index (χ0v) is 17.3. The maximum absolute atomic E-state index is 13.0. The topological polar surface area (TPSA) is 36.4 Å². The van der Waals surface area contributed by atoms with E-state index in [2.05, 4.69) is 17.1 Å². The van der Waals surface area contributed by atoms with E-state index in [1.807, 2.05) is 23.1 Å². The molecule has 4 nitrogen and oxygen atoms in total. The van der Waals surface area contributed by atoms with Gasteiger partial charge in [0, 0.05) is 47.2 Å². The number of carbonyl (C=O) groups excluding carboxylic acids is 1. The molecule has 0 atom stereocenters. The van der Waals surface area contributed by atoms with Crippen molar-refractivity contribution in [2.75, 3.05) is 31.1 Å². The second kappa shape index (κ2) is 7.24. The Bertz CT molecular complexity index is 1220. The minimum absolute atomic E-state index is 0.00695. The summed E-state index contributed by atoms with van der Waals surface area (Å²) in [5.74, 6) is 0.505. The van der Waals surface area contributed by atoms with E-state index in [1.165, 1.54) is 27.5 Å². The number of fused-ring (bicyclic) bond motifs is 3. The Morgan fingerprint density at radius 1 is 0.967 bits per heavy atom. The predicted molar refractivity (Wildman–Crippen MR) is 115 cm³/mol. The molecule has 1 aromatic carbocycles. The molecule has 0 spiro atoms. The van der Waals surface area contributed by atoms with Gasteiger partial charge in [0.15, 0.2) is 0 Å². The summed E-state index contributed by atoms with van der Waals surface area (Å²) in [5, 5.41) is 1.18. The van der Waals surface area contributed by atoms with Crippen LogP contribution in [0.1, 0.15) is 15.2 Å². The second-order valence-electron chi connectivity index (χ2n) is 7.08. The van der Waals surface area contributed by atoms with Crippen molar-refractivity contribution in [1.29, 1.82) is 0 Å². The molecule has 0 unspecified atom stereocenters. The Morgan fingerprint density at radius 2 is 1.73 bits per heavy atom. The van der Waals surface area contributed by atoms with Gasteiger partial charge in [0.2, 0.25) is 0 Å². The van der Waals surface area contributed by atoms with Gasteiger partial charge < -0.3 is 9.80 Å². The van der Waals surface area contributed by atoms with Crippen LogP contribution in [0.25, 0.3) is 19.5 Å². The first-order chi connectivity index (χ1) is 14.4. The molecule has 5 rings (SSSR count). The number of pyridine rings is 1. The summed E-state index contributed by atoms with van der Waals surface area (Å²) in [6, 6.07) is 12.6. The molecule has 0 radical (unpaired) electrons. The van der Waals surface area contributed by atoms with Gasteiger partial charge in [-0.3, -0.25) is 4.79 Å². The number of thiophene rings is 2. The fourth-order valence-corrected chi connectivity index (χ4v) is 6.13. The lowest BCUT2D eigenvalue weighted by Crippen LogP contribution is -2.48. The highest BCUT2D eigenvalue weighted by Crippen LogP contribution is 2.39. The van der Waals surface area contributed by atoms with Gasteiger partial charge in [-0.2, -0.15) is 13.2 Å². The van der Waals surface area contributed by atoms with Gasteiger partial charge in [-0.1, -0.05) is 18.2 Å². The van der Waals surface area contributed by atoms with Crippen LogP contribution in [0.3, 0.4) is 0 Å². The molecule has 0 N–H and O–H groups in total. The van der Waals surface area contributed by atoms with E-state index in [-0.39, 0.29) is 5.91 Å². The number of halogens is 3.